The van der Waals surface area contributed by atoms with Gasteiger partial charge in [-0.1, -0.05) is 48.5 Å². The van der Waals surface area contributed by atoms with Gasteiger partial charge >= 0.3 is 0 Å². The molecule has 2 aromatic carbocycles. The molecule has 6 aromatic rings. The van der Waals surface area contributed by atoms with Gasteiger partial charge < -0.3 is 4.74 Å². The minimum atomic E-state index is -2.95. The number of fused-ring (bicyclic) bond motifs is 2. The van der Waals surface area contributed by atoms with Gasteiger partial charge in [0, 0.05) is 33.4 Å². The number of pyridine rings is 2. The Morgan fingerprint density at radius 1 is 0.667 bits per heavy atom. The second-order valence-corrected chi connectivity index (χ2v) is 12.9. The average Bonchev–Trinajstić information content (AvgIpc) is 3.54. The van der Waals surface area contributed by atoms with Gasteiger partial charge in [-0.25, -0.2) is 9.97 Å². The molecule has 0 aliphatic heterocycles. The molecule has 0 radical (unpaired) electrons. The first-order valence-corrected chi connectivity index (χ1v) is 15.5. The Kier molecular flexibility index (Phi) is 8.16. The van der Waals surface area contributed by atoms with Crippen LogP contribution in [0.5, 0.6) is 0 Å². The SMILES string of the molecule is CC(F)(F)c1cnc2ccc(-c3ccc(C4(C#N)CC4)cc3)cn12.COC(C)(C)c1ccc(-c2ccc3ncc(C(C)(F)F)n3c2)cc1. The second-order valence-electron chi connectivity index (χ2n) is 12.9. The molecule has 0 unspecified atom stereocenters. The molecule has 4 heterocycles. The maximum Gasteiger partial charge on any atom is 0.286 e. The van der Waals surface area contributed by atoms with Crippen LogP contribution in [0, 0.1) is 11.3 Å². The zero-order valence-electron chi connectivity index (χ0n) is 27.3. The van der Waals surface area contributed by atoms with E-state index in [1.807, 2.05) is 74.5 Å². The van der Waals surface area contributed by atoms with E-state index in [0.29, 0.717) is 11.3 Å². The van der Waals surface area contributed by atoms with E-state index in [0.717, 1.165) is 60.1 Å². The lowest BCUT2D eigenvalue weighted by Crippen LogP contribution is -2.19. The number of methoxy groups -OCH3 is 1. The largest absolute Gasteiger partial charge is 0.374 e. The third kappa shape index (κ3) is 6.30. The first-order valence-electron chi connectivity index (χ1n) is 15.5. The third-order valence-corrected chi connectivity index (χ3v) is 9.07. The van der Waals surface area contributed by atoms with E-state index in [2.05, 4.69) is 16.0 Å². The predicted octanol–water partition coefficient (Wildman–Crippen LogP) is 9.66. The third-order valence-electron chi connectivity index (χ3n) is 9.07. The van der Waals surface area contributed by atoms with E-state index < -0.39 is 11.8 Å². The first-order chi connectivity index (χ1) is 22.6. The molecule has 1 saturated carbocycles. The highest BCUT2D eigenvalue weighted by Crippen LogP contribution is 2.47. The fourth-order valence-corrected chi connectivity index (χ4v) is 5.71. The average molecular weight is 654 g/mol. The van der Waals surface area contributed by atoms with E-state index in [-0.39, 0.29) is 22.4 Å². The summed E-state index contributed by atoms with van der Waals surface area (Å²) in [4.78, 5) is 8.08. The number of imidazole rings is 2. The fourth-order valence-electron chi connectivity index (χ4n) is 5.71. The van der Waals surface area contributed by atoms with Crippen LogP contribution in [0.25, 0.3) is 33.5 Å². The Balaban J connectivity index is 0.000000167. The van der Waals surface area contributed by atoms with Crippen molar-refractivity contribution in [3.8, 4) is 28.3 Å². The highest BCUT2D eigenvalue weighted by molar-refractivity contribution is 5.67. The van der Waals surface area contributed by atoms with E-state index in [1.165, 1.54) is 21.2 Å². The molecule has 1 aliphatic carbocycles. The summed E-state index contributed by atoms with van der Waals surface area (Å²) in [6.45, 7) is 5.74. The van der Waals surface area contributed by atoms with Gasteiger partial charge in [0.05, 0.1) is 29.5 Å². The monoisotopic (exact) mass is 653 g/mol. The number of nitrogens with zero attached hydrogens (tertiary/aromatic N) is 5. The van der Waals surface area contributed by atoms with Gasteiger partial charge in [-0.2, -0.15) is 22.8 Å². The minimum absolute atomic E-state index is 0.114. The van der Waals surface area contributed by atoms with Crippen LogP contribution in [-0.2, 0) is 27.6 Å². The normalized spacial score (nSPS) is 14.4. The highest BCUT2D eigenvalue weighted by atomic mass is 19.3. The van der Waals surface area contributed by atoms with Crippen LogP contribution in [0.1, 0.15) is 63.1 Å². The molecular formula is C38H35F4N5O. The summed E-state index contributed by atoms with van der Waals surface area (Å²) in [5.41, 5.74) is 5.72. The van der Waals surface area contributed by atoms with Crippen LogP contribution in [0.3, 0.4) is 0 Å². The maximum atomic E-state index is 13.7. The molecule has 0 spiro atoms. The van der Waals surface area contributed by atoms with Crippen molar-refractivity contribution in [3.63, 3.8) is 0 Å². The molecule has 0 saturated heterocycles. The van der Waals surface area contributed by atoms with Crippen LogP contribution < -0.4 is 0 Å². The smallest absolute Gasteiger partial charge is 0.286 e. The summed E-state index contributed by atoms with van der Waals surface area (Å²) >= 11 is 0. The topological polar surface area (TPSA) is 67.6 Å². The number of hydrogen-bond donors (Lipinski definition) is 0. The fraction of sp³-hybridized carbons (Fsp3) is 0.289. The van der Waals surface area contributed by atoms with Gasteiger partial charge in [0.25, 0.3) is 11.8 Å². The number of hydrogen-bond acceptors (Lipinski definition) is 4. The molecule has 246 valence electrons. The summed E-state index contributed by atoms with van der Waals surface area (Å²) in [5, 5.41) is 9.27. The van der Waals surface area contributed by atoms with Crippen molar-refractivity contribution in [3.05, 3.63) is 120 Å². The lowest BCUT2D eigenvalue weighted by atomic mass is 9.95. The van der Waals surface area contributed by atoms with Crippen LogP contribution in [0.15, 0.2) is 97.6 Å². The molecule has 48 heavy (non-hydrogen) atoms. The second kappa shape index (κ2) is 11.9. The quantitative estimate of drug-likeness (QED) is 0.161. The molecule has 1 aliphatic rings. The minimum Gasteiger partial charge on any atom is -0.374 e. The summed E-state index contributed by atoms with van der Waals surface area (Å²) in [7, 11) is 1.67. The van der Waals surface area contributed by atoms with E-state index in [1.54, 1.807) is 31.6 Å². The number of alkyl halides is 4. The van der Waals surface area contributed by atoms with Crippen molar-refractivity contribution >= 4 is 11.3 Å². The lowest BCUT2D eigenvalue weighted by molar-refractivity contribution is 0.0112. The van der Waals surface area contributed by atoms with Crippen molar-refractivity contribution in [1.82, 2.24) is 18.8 Å². The predicted molar refractivity (Wildman–Crippen MR) is 177 cm³/mol. The molecule has 0 N–H and O–H groups in total. The van der Waals surface area contributed by atoms with Crippen LogP contribution in [-0.4, -0.2) is 25.9 Å². The maximum absolute atomic E-state index is 13.7. The number of rotatable bonds is 7. The molecule has 0 atom stereocenters. The molecule has 0 bridgehead atoms. The van der Waals surface area contributed by atoms with Gasteiger partial charge in [-0.05, 0) is 84.3 Å². The zero-order chi connectivity index (χ0) is 34.5. The van der Waals surface area contributed by atoms with Gasteiger partial charge in [-0.15, -0.1) is 0 Å². The molecule has 6 nitrogen and oxygen atoms in total. The van der Waals surface area contributed by atoms with Gasteiger partial charge in [0.1, 0.15) is 22.7 Å². The van der Waals surface area contributed by atoms with Crippen molar-refractivity contribution in [2.24, 2.45) is 0 Å². The molecule has 4 aromatic heterocycles. The van der Waals surface area contributed by atoms with E-state index in [4.69, 9.17) is 4.74 Å². The van der Waals surface area contributed by atoms with Gasteiger partial charge in [0.15, 0.2) is 0 Å². The zero-order valence-corrected chi connectivity index (χ0v) is 27.3. The summed E-state index contributed by atoms with van der Waals surface area (Å²) < 4.78 is 63.1. The van der Waals surface area contributed by atoms with Crippen LogP contribution in [0.2, 0.25) is 0 Å². The van der Waals surface area contributed by atoms with Crippen molar-refractivity contribution in [2.45, 2.75) is 63.4 Å². The van der Waals surface area contributed by atoms with Crippen LogP contribution >= 0.6 is 0 Å². The van der Waals surface area contributed by atoms with Crippen molar-refractivity contribution < 1.29 is 22.3 Å². The van der Waals surface area contributed by atoms with E-state index >= 15 is 0 Å². The lowest BCUT2D eigenvalue weighted by Gasteiger charge is -2.23. The molecule has 10 heteroatoms. The summed E-state index contributed by atoms with van der Waals surface area (Å²) in [5.74, 6) is -5.89. The van der Waals surface area contributed by atoms with Gasteiger partial charge in [-0.3, -0.25) is 8.80 Å². The Morgan fingerprint density at radius 2 is 1.08 bits per heavy atom. The summed E-state index contributed by atoms with van der Waals surface area (Å²) in [6.07, 6.45) is 7.62. The Labute approximate surface area is 276 Å². The Morgan fingerprint density at radius 3 is 1.46 bits per heavy atom. The molecular weight excluding hydrogens is 618 g/mol. The Hall–Kier alpha value is -5.01. The number of halogens is 4. The highest BCUT2D eigenvalue weighted by Gasteiger charge is 2.44. The van der Waals surface area contributed by atoms with Gasteiger partial charge in [0.2, 0.25) is 0 Å². The standard InChI is InChI=1S/C19H15F2N3.C19H20F2N2O/c1-18(20,21)16-10-23-17-7-4-14(11-24(16)17)13-2-5-15(6-3-13)19(12-22)8-9-19;1-18(2,24-4)15-8-5-13(6-9-15)14-7-10-17-22-11-16(19(3,20)21)23(17)12-14/h2-7,10-11H,8-9H2,1H3;5-12H,1-4H3. The van der Waals surface area contributed by atoms with Crippen molar-refractivity contribution in [2.75, 3.05) is 7.11 Å². The summed E-state index contributed by atoms with van der Waals surface area (Å²) in [6, 6.07) is 25.3. The number of ether oxygens (including phenoxy) is 1. The number of nitriles is 1. The van der Waals surface area contributed by atoms with Crippen molar-refractivity contribution in [1.29, 1.82) is 5.26 Å². The Bertz CT molecular complexity index is 2130. The number of benzene rings is 2. The number of aromatic nitrogens is 4. The molecule has 7 rings (SSSR count). The van der Waals surface area contributed by atoms with E-state index in [9.17, 15) is 22.8 Å². The molecule has 1 fully saturated rings. The van der Waals surface area contributed by atoms with Crippen LogP contribution in [0.4, 0.5) is 17.6 Å². The first kappa shape index (κ1) is 32.9. The molecule has 0 amide bonds.